The molecular formula is C20H20N4O2. The third kappa shape index (κ3) is 4.57. The zero-order valence-electron chi connectivity index (χ0n) is 14.6. The van der Waals surface area contributed by atoms with Gasteiger partial charge in [-0.15, -0.1) is 0 Å². The van der Waals surface area contributed by atoms with Crippen LogP contribution in [-0.2, 0) is 0 Å². The van der Waals surface area contributed by atoms with Gasteiger partial charge in [-0.25, -0.2) is 9.97 Å². The molecule has 2 N–H and O–H groups in total. The van der Waals surface area contributed by atoms with Crippen molar-refractivity contribution in [1.29, 1.82) is 0 Å². The van der Waals surface area contributed by atoms with Gasteiger partial charge < -0.3 is 15.4 Å². The normalized spacial score (nSPS) is 10.4. The zero-order chi connectivity index (χ0) is 18.4. The second-order valence-electron chi connectivity index (χ2n) is 5.90. The lowest BCUT2D eigenvalue weighted by atomic mass is 10.2. The van der Waals surface area contributed by atoms with E-state index in [1.54, 1.807) is 0 Å². The fourth-order valence-corrected chi connectivity index (χ4v) is 2.28. The minimum absolute atomic E-state index is 0.0583. The van der Waals surface area contributed by atoms with Crippen molar-refractivity contribution in [3.63, 3.8) is 0 Å². The van der Waals surface area contributed by atoms with Gasteiger partial charge in [0.15, 0.2) is 0 Å². The summed E-state index contributed by atoms with van der Waals surface area (Å²) in [5, 5.41) is 5.91. The third-order valence-electron chi connectivity index (χ3n) is 3.44. The quantitative estimate of drug-likeness (QED) is 0.696. The molecule has 0 aliphatic rings. The van der Waals surface area contributed by atoms with Crippen molar-refractivity contribution in [2.45, 2.75) is 20.0 Å². The molecule has 1 aromatic heterocycles. The Bertz CT molecular complexity index is 864. The van der Waals surface area contributed by atoms with E-state index in [1.807, 2.05) is 68.4 Å². The number of anilines is 3. The average Bonchev–Trinajstić information content (AvgIpc) is 2.64. The molecule has 0 fully saturated rings. The van der Waals surface area contributed by atoms with Crippen LogP contribution < -0.4 is 15.4 Å². The summed E-state index contributed by atoms with van der Waals surface area (Å²) >= 11 is 0. The molecule has 6 nitrogen and oxygen atoms in total. The topological polar surface area (TPSA) is 76.1 Å². The molecule has 0 atom stereocenters. The van der Waals surface area contributed by atoms with Gasteiger partial charge in [0.2, 0.25) is 5.95 Å². The Balaban J connectivity index is 1.69. The second kappa shape index (κ2) is 8.11. The molecule has 0 radical (unpaired) electrons. The summed E-state index contributed by atoms with van der Waals surface area (Å²) in [4.78, 5) is 20.7. The minimum Gasteiger partial charge on any atom is -0.489 e. The van der Waals surface area contributed by atoms with Crippen LogP contribution in [0.15, 0.2) is 67.0 Å². The summed E-state index contributed by atoms with van der Waals surface area (Å²) in [6.45, 7) is 3.93. The Morgan fingerprint density at radius 1 is 0.962 bits per heavy atom. The van der Waals surface area contributed by atoms with Crippen LogP contribution in [0.1, 0.15) is 24.2 Å². The van der Waals surface area contributed by atoms with Crippen LogP contribution in [0, 0.1) is 0 Å². The van der Waals surface area contributed by atoms with Gasteiger partial charge >= 0.3 is 0 Å². The van der Waals surface area contributed by atoms with E-state index in [-0.39, 0.29) is 12.0 Å². The van der Waals surface area contributed by atoms with Gasteiger partial charge in [0.05, 0.1) is 17.4 Å². The van der Waals surface area contributed by atoms with E-state index in [0.717, 1.165) is 17.1 Å². The van der Waals surface area contributed by atoms with Crippen LogP contribution in [0.3, 0.4) is 0 Å². The molecule has 0 aliphatic heterocycles. The summed E-state index contributed by atoms with van der Waals surface area (Å²) in [6.07, 6.45) is 3.03. The molecule has 132 valence electrons. The number of nitrogens with one attached hydrogen (secondary N) is 2. The summed E-state index contributed by atoms with van der Waals surface area (Å²) < 4.78 is 5.76. The molecule has 26 heavy (non-hydrogen) atoms. The molecule has 0 spiro atoms. The minimum atomic E-state index is -0.258. The lowest BCUT2D eigenvalue weighted by molar-refractivity contribution is 0.102. The first-order valence-electron chi connectivity index (χ1n) is 8.33. The van der Waals surface area contributed by atoms with Crippen molar-refractivity contribution >= 4 is 23.2 Å². The van der Waals surface area contributed by atoms with Crippen LogP contribution in [-0.4, -0.2) is 22.0 Å². The maximum atomic E-state index is 12.2. The smallest absolute Gasteiger partial charge is 0.258 e. The van der Waals surface area contributed by atoms with Gasteiger partial charge in [-0.05, 0) is 38.1 Å². The molecule has 2 aromatic carbocycles. The van der Waals surface area contributed by atoms with Crippen LogP contribution in [0.2, 0.25) is 0 Å². The summed E-state index contributed by atoms with van der Waals surface area (Å²) in [7, 11) is 0. The molecule has 0 aliphatic carbocycles. The Labute approximate surface area is 152 Å². The number of hydrogen-bond donors (Lipinski definition) is 2. The number of hydrogen-bond acceptors (Lipinski definition) is 5. The molecular weight excluding hydrogens is 328 g/mol. The van der Waals surface area contributed by atoms with E-state index in [4.69, 9.17) is 4.74 Å². The fraction of sp³-hybridized carbons (Fsp3) is 0.150. The highest BCUT2D eigenvalue weighted by Gasteiger charge is 2.10. The average molecular weight is 348 g/mol. The van der Waals surface area contributed by atoms with Crippen molar-refractivity contribution < 1.29 is 9.53 Å². The number of amides is 1. The van der Waals surface area contributed by atoms with Crippen molar-refractivity contribution in [3.05, 3.63) is 72.6 Å². The number of ether oxygens (including phenoxy) is 1. The third-order valence-corrected chi connectivity index (χ3v) is 3.44. The highest BCUT2D eigenvalue weighted by Crippen LogP contribution is 2.26. The van der Waals surface area contributed by atoms with E-state index < -0.39 is 0 Å². The van der Waals surface area contributed by atoms with Crippen molar-refractivity contribution in [3.8, 4) is 5.75 Å². The number of para-hydroxylation sites is 3. The highest BCUT2D eigenvalue weighted by atomic mass is 16.5. The van der Waals surface area contributed by atoms with E-state index >= 15 is 0 Å². The SMILES string of the molecule is CC(C)Oc1ccccc1Nc1ncc(C(=O)Nc2ccccc2)cn1. The van der Waals surface area contributed by atoms with Crippen LogP contribution in [0.4, 0.5) is 17.3 Å². The van der Waals surface area contributed by atoms with E-state index in [9.17, 15) is 4.79 Å². The Morgan fingerprint density at radius 2 is 1.62 bits per heavy atom. The lowest BCUT2D eigenvalue weighted by Gasteiger charge is -2.14. The molecule has 0 unspecified atom stereocenters. The number of aromatic nitrogens is 2. The largest absolute Gasteiger partial charge is 0.489 e. The lowest BCUT2D eigenvalue weighted by Crippen LogP contribution is -2.13. The fourth-order valence-electron chi connectivity index (χ4n) is 2.28. The van der Waals surface area contributed by atoms with Crippen LogP contribution in [0.5, 0.6) is 5.75 Å². The molecule has 1 heterocycles. The van der Waals surface area contributed by atoms with Crippen molar-refractivity contribution in [1.82, 2.24) is 9.97 Å². The highest BCUT2D eigenvalue weighted by molar-refractivity contribution is 6.03. The number of rotatable bonds is 6. The number of carbonyl (C=O) groups excluding carboxylic acids is 1. The monoisotopic (exact) mass is 348 g/mol. The standard InChI is InChI=1S/C20H20N4O2/c1-14(2)26-18-11-7-6-10-17(18)24-20-21-12-15(13-22-20)19(25)23-16-8-4-3-5-9-16/h3-14H,1-2H3,(H,23,25)(H,21,22,24). The molecule has 0 saturated carbocycles. The Morgan fingerprint density at radius 3 is 2.31 bits per heavy atom. The summed E-state index contributed by atoms with van der Waals surface area (Å²) in [5.41, 5.74) is 1.87. The first-order chi connectivity index (χ1) is 12.6. The molecule has 3 aromatic rings. The van der Waals surface area contributed by atoms with Crippen molar-refractivity contribution in [2.24, 2.45) is 0 Å². The summed E-state index contributed by atoms with van der Waals surface area (Å²) in [5.74, 6) is 0.851. The maximum Gasteiger partial charge on any atom is 0.258 e. The van der Waals surface area contributed by atoms with Gasteiger partial charge in [0.25, 0.3) is 5.91 Å². The molecule has 0 bridgehead atoms. The van der Waals surface area contributed by atoms with E-state index in [2.05, 4.69) is 20.6 Å². The number of benzene rings is 2. The number of carbonyl (C=O) groups is 1. The predicted molar refractivity (Wildman–Crippen MR) is 102 cm³/mol. The Hall–Kier alpha value is -3.41. The number of nitrogens with zero attached hydrogens (tertiary/aromatic N) is 2. The zero-order valence-corrected chi connectivity index (χ0v) is 14.6. The first kappa shape index (κ1) is 17.4. The molecule has 3 rings (SSSR count). The van der Waals surface area contributed by atoms with Gasteiger partial charge in [-0.2, -0.15) is 0 Å². The summed E-state index contributed by atoms with van der Waals surface area (Å²) in [6, 6.07) is 16.8. The molecule has 1 amide bonds. The van der Waals surface area contributed by atoms with E-state index in [0.29, 0.717) is 11.5 Å². The van der Waals surface area contributed by atoms with Gasteiger partial charge in [0.1, 0.15) is 5.75 Å². The Kier molecular flexibility index (Phi) is 5.43. The van der Waals surface area contributed by atoms with Gasteiger partial charge in [-0.3, -0.25) is 4.79 Å². The van der Waals surface area contributed by atoms with Gasteiger partial charge in [-0.1, -0.05) is 30.3 Å². The molecule has 6 heteroatoms. The van der Waals surface area contributed by atoms with Crippen LogP contribution in [0.25, 0.3) is 0 Å². The van der Waals surface area contributed by atoms with E-state index in [1.165, 1.54) is 12.4 Å². The maximum absolute atomic E-state index is 12.2. The van der Waals surface area contributed by atoms with Crippen molar-refractivity contribution in [2.75, 3.05) is 10.6 Å². The predicted octanol–water partition coefficient (Wildman–Crippen LogP) is 4.26. The first-order valence-corrected chi connectivity index (χ1v) is 8.33. The molecule has 0 saturated heterocycles. The van der Waals surface area contributed by atoms with Crippen LogP contribution >= 0.6 is 0 Å². The van der Waals surface area contributed by atoms with Gasteiger partial charge in [0, 0.05) is 18.1 Å². The second-order valence-corrected chi connectivity index (χ2v) is 5.90.